The number of ether oxygens (including phenoxy) is 1. The maximum absolute atomic E-state index is 12.4. The molecule has 0 aliphatic carbocycles. The average Bonchev–Trinajstić information content (AvgIpc) is 3.01. The lowest BCUT2D eigenvalue weighted by molar-refractivity contribution is -0.124. The Hall–Kier alpha value is -3.74. The molecule has 7 heteroatoms. The number of hydrogen-bond donors (Lipinski definition) is 1. The lowest BCUT2D eigenvalue weighted by Gasteiger charge is -2.14. The molecule has 0 unspecified atom stereocenters. The highest BCUT2D eigenvalue weighted by molar-refractivity contribution is 6.22. The van der Waals surface area contributed by atoms with Crippen molar-refractivity contribution in [3.63, 3.8) is 0 Å². The van der Waals surface area contributed by atoms with Crippen molar-refractivity contribution in [1.82, 2.24) is 10.2 Å². The van der Waals surface area contributed by atoms with Crippen molar-refractivity contribution in [2.45, 2.75) is 25.8 Å². The fourth-order valence-electron chi connectivity index (χ4n) is 3.34. The second-order valence-corrected chi connectivity index (χ2v) is 7.34. The van der Waals surface area contributed by atoms with Crippen molar-refractivity contribution in [2.24, 2.45) is 0 Å². The number of esters is 1. The maximum atomic E-state index is 12.4. The summed E-state index contributed by atoms with van der Waals surface area (Å²) in [7, 11) is 0. The van der Waals surface area contributed by atoms with Crippen LogP contribution in [0, 0.1) is 0 Å². The zero-order valence-corrected chi connectivity index (χ0v) is 17.3. The Kier molecular flexibility index (Phi) is 6.97. The maximum Gasteiger partial charge on any atom is 0.338 e. The summed E-state index contributed by atoms with van der Waals surface area (Å²) >= 11 is 0. The molecule has 2 aromatic rings. The van der Waals surface area contributed by atoms with Crippen LogP contribution in [0.5, 0.6) is 0 Å². The summed E-state index contributed by atoms with van der Waals surface area (Å²) in [5.41, 5.74) is 1.66. The zero-order chi connectivity index (χ0) is 22.4. The number of rotatable bonds is 9. The van der Waals surface area contributed by atoms with Gasteiger partial charge in [0.1, 0.15) is 0 Å². The van der Waals surface area contributed by atoms with Crippen LogP contribution in [0.3, 0.4) is 0 Å². The minimum atomic E-state index is -0.739. The van der Waals surface area contributed by atoms with Gasteiger partial charge in [-0.25, -0.2) is 4.79 Å². The van der Waals surface area contributed by atoms with E-state index in [1.54, 1.807) is 0 Å². The molecular formula is C24H24N2O5. The minimum absolute atomic E-state index is 0.0779. The Morgan fingerprint density at radius 3 is 2.52 bits per heavy atom. The van der Waals surface area contributed by atoms with Crippen molar-refractivity contribution < 1.29 is 23.9 Å². The molecule has 160 valence electrons. The molecule has 2 aromatic carbocycles. The van der Waals surface area contributed by atoms with E-state index < -0.39 is 30.3 Å². The first-order chi connectivity index (χ1) is 14.9. The van der Waals surface area contributed by atoms with Crippen LogP contribution in [-0.2, 0) is 16.0 Å². The average molecular weight is 420 g/mol. The quantitative estimate of drug-likeness (QED) is 0.383. The second kappa shape index (κ2) is 9.84. The van der Waals surface area contributed by atoms with Gasteiger partial charge in [-0.3, -0.25) is 19.3 Å². The summed E-state index contributed by atoms with van der Waals surface area (Å²) in [5.74, 6) is -2.06. The van der Waals surface area contributed by atoms with Gasteiger partial charge in [-0.05, 0) is 43.5 Å². The van der Waals surface area contributed by atoms with Crippen LogP contribution < -0.4 is 5.32 Å². The molecule has 3 rings (SSSR count). The number of nitrogens with zero attached hydrogens (tertiary/aromatic N) is 1. The van der Waals surface area contributed by atoms with Crippen LogP contribution in [-0.4, -0.2) is 47.8 Å². The molecule has 1 aliphatic heterocycles. The SMILES string of the molecule is C=CCN1C(=O)c2ccc(C(=O)OCC(=O)N[C@@H](C)CCc3ccccc3)cc2C1=O. The lowest BCUT2D eigenvalue weighted by atomic mass is 10.1. The zero-order valence-electron chi connectivity index (χ0n) is 17.3. The van der Waals surface area contributed by atoms with Gasteiger partial charge in [-0.2, -0.15) is 0 Å². The Bertz CT molecular complexity index is 1020. The highest BCUT2D eigenvalue weighted by Crippen LogP contribution is 2.24. The summed E-state index contributed by atoms with van der Waals surface area (Å²) in [6, 6.07) is 14.0. The van der Waals surface area contributed by atoms with Crippen LogP contribution in [0.25, 0.3) is 0 Å². The van der Waals surface area contributed by atoms with E-state index in [9.17, 15) is 19.2 Å². The summed E-state index contributed by atoms with van der Waals surface area (Å²) < 4.78 is 5.07. The van der Waals surface area contributed by atoms with E-state index in [4.69, 9.17) is 4.74 Å². The van der Waals surface area contributed by atoms with Gasteiger partial charge >= 0.3 is 5.97 Å². The molecule has 0 spiro atoms. The van der Waals surface area contributed by atoms with E-state index in [1.165, 1.54) is 29.8 Å². The molecule has 3 amide bonds. The molecule has 0 aromatic heterocycles. The van der Waals surface area contributed by atoms with E-state index in [0.717, 1.165) is 17.7 Å². The number of aryl methyl sites for hydroxylation is 1. The molecule has 1 heterocycles. The molecule has 0 radical (unpaired) electrons. The van der Waals surface area contributed by atoms with Crippen LogP contribution in [0.1, 0.15) is 50.0 Å². The van der Waals surface area contributed by atoms with Crippen molar-refractivity contribution in [3.05, 3.63) is 83.4 Å². The van der Waals surface area contributed by atoms with Gasteiger partial charge in [0, 0.05) is 12.6 Å². The van der Waals surface area contributed by atoms with Gasteiger partial charge in [0.2, 0.25) is 0 Å². The van der Waals surface area contributed by atoms with Gasteiger partial charge < -0.3 is 10.1 Å². The van der Waals surface area contributed by atoms with Crippen LogP contribution in [0.2, 0.25) is 0 Å². The van der Waals surface area contributed by atoms with E-state index in [0.29, 0.717) is 0 Å². The number of carbonyl (C=O) groups excluding carboxylic acids is 4. The molecule has 1 aliphatic rings. The Labute approximate surface area is 180 Å². The van der Waals surface area contributed by atoms with Gasteiger partial charge in [0.15, 0.2) is 6.61 Å². The first-order valence-electron chi connectivity index (χ1n) is 10.0. The first kappa shape index (κ1) is 22.0. The highest BCUT2D eigenvalue weighted by atomic mass is 16.5. The Morgan fingerprint density at radius 1 is 1.10 bits per heavy atom. The summed E-state index contributed by atoms with van der Waals surface area (Å²) in [6.45, 7) is 5.08. The normalized spacial score (nSPS) is 13.5. The predicted molar refractivity (Wildman–Crippen MR) is 115 cm³/mol. The van der Waals surface area contributed by atoms with Crippen LogP contribution in [0.15, 0.2) is 61.2 Å². The lowest BCUT2D eigenvalue weighted by Crippen LogP contribution is -2.36. The third-order valence-electron chi connectivity index (χ3n) is 4.97. The number of carbonyl (C=O) groups is 4. The molecule has 0 saturated heterocycles. The fourth-order valence-corrected chi connectivity index (χ4v) is 3.34. The standard InChI is InChI=1S/C24H24N2O5/c1-3-13-26-22(28)19-12-11-18(14-20(19)23(26)29)24(30)31-15-21(27)25-16(2)9-10-17-7-5-4-6-8-17/h3-8,11-12,14,16H,1,9-10,13,15H2,2H3,(H,25,27)/t16-/m0/s1. The highest BCUT2D eigenvalue weighted by Gasteiger charge is 2.35. The molecule has 31 heavy (non-hydrogen) atoms. The number of imide groups is 1. The Morgan fingerprint density at radius 2 is 1.81 bits per heavy atom. The summed E-state index contributed by atoms with van der Waals surface area (Å²) in [6.07, 6.45) is 3.04. The molecular weight excluding hydrogens is 396 g/mol. The van der Waals surface area contributed by atoms with E-state index in [-0.39, 0.29) is 29.3 Å². The number of fused-ring (bicyclic) bond motifs is 1. The van der Waals surface area contributed by atoms with Crippen molar-refractivity contribution in [1.29, 1.82) is 0 Å². The second-order valence-electron chi connectivity index (χ2n) is 7.34. The van der Waals surface area contributed by atoms with Crippen LogP contribution in [0.4, 0.5) is 0 Å². The molecule has 0 bridgehead atoms. The molecule has 1 N–H and O–H groups in total. The van der Waals surface area contributed by atoms with Gasteiger partial charge in [-0.15, -0.1) is 6.58 Å². The number of benzene rings is 2. The van der Waals surface area contributed by atoms with E-state index in [2.05, 4.69) is 11.9 Å². The van der Waals surface area contributed by atoms with Crippen molar-refractivity contribution in [2.75, 3.05) is 13.2 Å². The topological polar surface area (TPSA) is 92.8 Å². The number of nitrogens with one attached hydrogen (secondary N) is 1. The van der Waals surface area contributed by atoms with E-state index >= 15 is 0 Å². The largest absolute Gasteiger partial charge is 0.452 e. The van der Waals surface area contributed by atoms with Gasteiger partial charge in [0.05, 0.1) is 16.7 Å². The fraction of sp³-hybridized carbons (Fsp3) is 0.250. The van der Waals surface area contributed by atoms with Crippen LogP contribution >= 0.6 is 0 Å². The molecule has 7 nitrogen and oxygen atoms in total. The van der Waals surface area contributed by atoms with E-state index in [1.807, 2.05) is 37.3 Å². The monoisotopic (exact) mass is 420 g/mol. The third kappa shape index (κ3) is 5.25. The molecule has 1 atom stereocenters. The first-order valence-corrected chi connectivity index (χ1v) is 10.0. The van der Waals surface area contributed by atoms with Gasteiger partial charge in [-0.1, -0.05) is 36.4 Å². The molecule has 0 saturated carbocycles. The van der Waals surface area contributed by atoms with Crippen molar-refractivity contribution in [3.8, 4) is 0 Å². The minimum Gasteiger partial charge on any atom is -0.452 e. The predicted octanol–water partition coefficient (Wildman–Crippen LogP) is 2.76. The number of amides is 3. The number of hydrogen-bond acceptors (Lipinski definition) is 5. The van der Waals surface area contributed by atoms with Gasteiger partial charge in [0.25, 0.3) is 17.7 Å². The Balaban J connectivity index is 1.51. The summed E-state index contributed by atoms with van der Waals surface area (Å²) in [5, 5.41) is 2.80. The smallest absolute Gasteiger partial charge is 0.338 e. The van der Waals surface area contributed by atoms with Crippen molar-refractivity contribution >= 4 is 23.7 Å². The summed E-state index contributed by atoms with van der Waals surface area (Å²) in [4.78, 5) is 50.1. The third-order valence-corrected chi connectivity index (χ3v) is 4.97. The molecule has 0 fully saturated rings.